The predicted octanol–water partition coefficient (Wildman–Crippen LogP) is 2.79. The zero-order valence-electron chi connectivity index (χ0n) is 13.1. The van der Waals surface area contributed by atoms with Crippen LogP contribution in [-0.4, -0.2) is 46.8 Å². The van der Waals surface area contributed by atoms with Gasteiger partial charge in [-0.25, -0.2) is 4.98 Å². The number of thiazole rings is 1. The first-order valence-corrected chi connectivity index (χ1v) is 8.49. The first-order chi connectivity index (χ1) is 11.1. The molecule has 1 fully saturated rings. The molecule has 1 aliphatic heterocycles. The lowest BCUT2D eigenvalue weighted by Gasteiger charge is -2.34. The molecule has 5 nitrogen and oxygen atoms in total. The van der Waals surface area contributed by atoms with Gasteiger partial charge in [0.15, 0.2) is 0 Å². The van der Waals surface area contributed by atoms with Crippen LogP contribution in [0.3, 0.4) is 0 Å². The zero-order chi connectivity index (χ0) is 16.2. The van der Waals surface area contributed by atoms with Crippen LogP contribution < -0.4 is 0 Å². The molecule has 0 saturated carbocycles. The Bertz CT molecular complexity index is 686. The van der Waals surface area contributed by atoms with Gasteiger partial charge in [-0.1, -0.05) is 24.3 Å². The molecule has 3 rings (SSSR count). The summed E-state index contributed by atoms with van der Waals surface area (Å²) in [4.78, 5) is 18.9. The van der Waals surface area contributed by atoms with E-state index in [1.807, 2.05) is 18.3 Å². The average Bonchev–Trinajstić information content (AvgIpc) is 2.97. The van der Waals surface area contributed by atoms with E-state index in [2.05, 4.69) is 28.9 Å². The van der Waals surface area contributed by atoms with Crippen molar-refractivity contribution in [2.75, 3.05) is 19.8 Å². The maximum absolute atomic E-state index is 11.0. The lowest BCUT2D eigenvalue weighted by molar-refractivity contribution is -0.140. The minimum Gasteiger partial charge on any atom is -0.481 e. The molecular formula is C17H20N2O3S. The number of hydrogen-bond donors (Lipinski definition) is 1. The van der Waals surface area contributed by atoms with E-state index in [4.69, 9.17) is 9.84 Å². The number of carboxylic acids is 1. The number of carboxylic acid groups (broad SMARTS) is 1. The fourth-order valence-electron chi connectivity index (χ4n) is 2.81. The van der Waals surface area contributed by atoms with Crippen LogP contribution in [0.4, 0.5) is 0 Å². The summed E-state index contributed by atoms with van der Waals surface area (Å²) in [6.07, 6.45) is 2.02. The third-order valence-corrected chi connectivity index (χ3v) is 5.06. The smallest absolute Gasteiger partial charge is 0.305 e. The Morgan fingerprint density at radius 3 is 3.09 bits per heavy atom. The van der Waals surface area contributed by atoms with Crippen molar-refractivity contribution in [3.05, 3.63) is 40.9 Å². The van der Waals surface area contributed by atoms with Crippen LogP contribution >= 0.6 is 11.3 Å². The number of hydrogen-bond acceptors (Lipinski definition) is 5. The molecule has 2 heterocycles. The second-order valence-corrected chi connectivity index (χ2v) is 6.86. The van der Waals surface area contributed by atoms with Crippen molar-refractivity contribution in [2.45, 2.75) is 25.9 Å². The molecule has 1 aromatic carbocycles. The quantitative estimate of drug-likeness (QED) is 0.912. The van der Waals surface area contributed by atoms with Gasteiger partial charge in [0, 0.05) is 35.8 Å². The van der Waals surface area contributed by atoms with E-state index in [1.165, 1.54) is 5.56 Å². The Morgan fingerprint density at radius 1 is 1.48 bits per heavy atom. The molecule has 1 N–H and O–H groups in total. The molecule has 23 heavy (non-hydrogen) atoms. The summed E-state index contributed by atoms with van der Waals surface area (Å²) < 4.78 is 5.42. The minimum absolute atomic E-state index is 0.0646. The third-order valence-electron chi connectivity index (χ3n) is 4.05. The molecule has 0 spiro atoms. The first-order valence-electron chi connectivity index (χ1n) is 7.68. The summed E-state index contributed by atoms with van der Waals surface area (Å²) in [5, 5.41) is 10.1. The van der Waals surface area contributed by atoms with Gasteiger partial charge in [0.05, 0.1) is 19.6 Å². The van der Waals surface area contributed by atoms with Crippen LogP contribution in [0.1, 0.15) is 16.9 Å². The summed E-state index contributed by atoms with van der Waals surface area (Å²) in [5.41, 5.74) is 2.37. The SMILES string of the molecule is Cc1ccccc1-c1ncc(CN2CCOC[C@@H]2CC(=O)O)s1. The molecule has 0 bridgehead atoms. The number of carbonyl (C=O) groups is 1. The first kappa shape index (κ1) is 16.1. The number of benzene rings is 1. The summed E-state index contributed by atoms with van der Waals surface area (Å²) in [5.74, 6) is -0.782. The van der Waals surface area contributed by atoms with Crippen LogP contribution in [0.15, 0.2) is 30.5 Å². The van der Waals surface area contributed by atoms with Crippen molar-refractivity contribution in [1.29, 1.82) is 0 Å². The highest BCUT2D eigenvalue weighted by Gasteiger charge is 2.25. The Labute approximate surface area is 139 Å². The van der Waals surface area contributed by atoms with Gasteiger partial charge >= 0.3 is 5.97 Å². The van der Waals surface area contributed by atoms with Crippen molar-refractivity contribution in [1.82, 2.24) is 9.88 Å². The fourth-order valence-corrected chi connectivity index (χ4v) is 3.83. The normalized spacial score (nSPS) is 18.9. The molecular weight excluding hydrogens is 312 g/mol. The van der Waals surface area contributed by atoms with Gasteiger partial charge in [0.25, 0.3) is 0 Å². The van der Waals surface area contributed by atoms with E-state index in [1.54, 1.807) is 11.3 Å². The van der Waals surface area contributed by atoms with Crippen molar-refractivity contribution < 1.29 is 14.6 Å². The van der Waals surface area contributed by atoms with E-state index >= 15 is 0 Å². The van der Waals surface area contributed by atoms with Gasteiger partial charge in [-0.05, 0) is 12.5 Å². The van der Waals surface area contributed by atoms with Crippen LogP contribution in [0.25, 0.3) is 10.6 Å². The molecule has 122 valence electrons. The van der Waals surface area contributed by atoms with Gasteiger partial charge in [-0.2, -0.15) is 0 Å². The molecule has 2 aromatic rings. The number of aryl methyl sites for hydroxylation is 1. The largest absolute Gasteiger partial charge is 0.481 e. The van der Waals surface area contributed by atoms with Crippen molar-refractivity contribution in [3.63, 3.8) is 0 Å². The van der Waals surface area contributed by atoms with Crippen LogP contribution in [0.2, 0.25) is 0 Å². The van der Waals surface area contributed by atoms with Crippen molar-refractivity contribution in [3.8, 4) is 10.6 Å². The predicted molar refractivity (Wildman–Crippen MR) is 89.6 cm³/mol. The van der Waals surface area contributed by atoms with Crippen LogP contribution in [0.5, 0.6) is 0 Å². The standard InChI is InChI=1S/C17H20N2O3S/c1-12-4-2-3-5-15(12)17-18-9-14(23-17)10-19-6-7-22-11-13(19)8-16(20)21/h2-5,9,13H,6-8,10-11H2,1H3,(H,20,21)/t13-/m0/s1. The number of nitrogens with zero attached hydrogens (tertiary/aromatic N) is 2. The lowest BCUT2D eigenvalue weighted by Crippen LogP contribution is -2.45. The van der Waals surface area contributed by atoms with Gasteiger partial charge < -0.3 is 9.84 Å². The molecule has 0 radical (unpaired) electrons. The van der Waals surface area contributed by atoms with E-state index in [9.17, 15) is 4.79 Å². The Morgan fingerprint density at radius 2 is 2.30 bits per heavy atom. The average molecular weight is 332 g/mol. The summed E-state index contributed by atoms with van der Waals surface area (Å²) in [6, 6.07) is 8.15. The minimum atomic E-state index is -0.782. The summed E-state index contributed by atoms with van der Waals surface area (Å²) in [7, 11) is 0. The molecule has 1 saturated heterocycles. The number of ether oxygens (including phenoxy) is 1. The third kappa shape index (κ3) is 3.96. The number of aliphatic carboxylic acids is 1. The Kier molecular flexibility index (Phi) is 5.05. The fraction of sp³-hybridized carbons (Fsp3) is 0.412. The molecule has 1 aliphatic rings. The topological polar surface area (TPSA) is 62.7 Å². The number of rotatable bonds is 5. The second-order valence-electron chi connectivity index (χ2n) is 5.74. The molecule has 0 aliphatic carbocycles. The maximum Gasteiger partial charge on any atom is 0.305 e. The molecule has 1 aromatic heterocycles. The van der Waals surface area contributed by atoms with E-state index in [0.717, 1.165) is 28.5 Å². The Balaban J connectivity index is 1.73. The van der Waals surface area contributed by atoms with Gasteiger partial charge in [0.2, 0.25) is 0 Å². The van der Waals surface area contributed by atoms with Crippen LogP contribution in [-0.2, 0) is 16.1 Å². The molecule has 6 heteroatoms. The molecule has 0 unspecified atom stereocenters. The summed E-state index contributed by atoms with van der Waals surface area (Å²) in [6.45, 7) is 4.71. The van der Waals surface area contributed by atoms with Gasteiger partial charge in [-0.3, -0.25) is 9.69 Å². The second kappa shape index (κ2) is 7.21. The van der Waals surface area contributed by atoms with Crippen molar-refractivity contribution in [2.24, 2.45) is 0 Å². The van der Waals surface area contributed by atoms with E-state index < -0.39 is 5.97 Å². The lowest BCUT2D eigenvalue weighted by atomic mass is 10.1. The van der Waals surface area contributed by atoms with E-state index in [0.29, 0.717) is 13.2 Å². The van der Waals surface area contributed by atoms with Gasteiger partial charge in [-0.15, -0.1) is 11.3 Å². The molecule has 1 atom stereocenters. The van der Waals surface area contributed by atoms with Gasteiger partial charge in [0.1, 0.15) is 5.01 Å². The van der Waals surface area contributed by atoms with Crippen LogP contribution in [0, 0.1) is 6.92 Å². The highest BCUT2D eigenvalue weighted by molar-refractivity contribution is 7.15. The monoisotopic (exact) mass is 332 g/mol. The van der Waals surface area contributed by atoms with E-state index in [-0.39, 0.29) is 12.5 Å². The maximum atomic E-state index is 11.0. The zero-order valence-corrected chi connectivity index (χ0v) is 13.9. The van der Waals surface area contributed by atoms with Crippen molar-refractivity contribution >= 4 is 17.3 Å². The highest BCUT2D eigenvalue weighted by atomic mass is 32.1. The molecule has 0 amide bonds. The number of aromatic nitrogens is 1. The summed E-state index contributed by atoms with van der Waals surface area (Å²) >= 11 is 1.67. The Hall–Kier alpha value is -1.76. The highest BCUT2D eigenvalue weighted by Crippen LogP contribution is 2.29. The number of morpholine rings is 1.